The van der Waals surface area contributed by atoms with Crippen LogP contribution in [0.15, 0.2) is 18.7 Å². The Labute approximate surface area is 180 Å². The van der Waals surface area contributed by atoms with Gasteiger partial charge in [-0.3, -0.25) is 9.59 Å². The standard InChI is InChI=1S/C18H20N8O2S2/c1-10(27)21-17-26-24-16(30-17)13-3-2-11(4-13)6-15-23-25-18(29-15)22-14(28)5-12-7-19-9-20-8-12/h7-9,11,13H,2-6H2,1H3,(H,21,26,27)(H,22,25,28)/t11?,13-/m1/s1. The molecule has 10 nitrogen and oxygen atoms in total. The van der Waals surface area contributed by atoms with Gasteiger partial charge in [-0.05, 0) is 30.7 Å². The van der Waals surface area contributed by atoms with Crippen molar-refractivity contribution in [1.29, 1.82) is 0 Å². The Kier molecular flexibility index (Phi) is 6.33. The minimum atomic E-state index is -0.167. The Morgan fingerprint density at radius 3 is 2.60 bits per heavy atom. The molecule has 3 aromatic rings. The smallest absolute Gasteiger partial charge is 0.230 e. The van der Waals surface area contributed by atoms with Crippen LogP contribution in [-0.2, 0) is 22.4 Å². The Morgan fingerprint density at radius 2 is 1.80 bits per heavy atom. The lowest BCUT2D eigenvalue weighted by Gasteiger charge is -2.06. The predicted octanol–water partition coefficient (Wildman–Crippen LogP) is 2.45. The summed E-state index contributed by atoms with van der Waals surface area (Å²) < 4.78 is 0. The van der Waals surface area contributed by atoms with Crippen LogP contribution in [0.2, 0.25) is 0 Å². The number of anilines is 2. The maximum absolute atomic E-state index is 12.1. The highest BCUT2D eigenvalue weighted by Gasteiger charge is 2.29. The second-order valence-electron chi connectivity index (χ2n) is 7.18. The van der Waals surface area contributed by atoms with Crippen molar-refractivity contribution in [2.45, 2.75) is 44.9 Å². The van der Waals surface area contributed by atoms with Gasteiger partial charge in [-0.2, -0.15) is 0 Å². The van der Waals surface area contributed by atoms with Gasteiger partial charge in [-0.1, -0.05) is 22.7 Å². The Balaban J connectivity index is 1.27. The molecule has 2 amide bonds. The van der Waals surface area contributed by atoms with Crippen molar-refractivity contribution >= 4 is 44.8 Å². The fraction of sp³-hybridized carbons (Fsp3) is 0.444. The molecule has 3 aromatic heterocycles. The highest BCUT2D eigenvalue weighted by Crippen LogP contribution is 2.41. The zero-order chi connectivity index (χ0) is 20.9. The maximum atomic E-state index is 12.1. The van der Waals surface area contributed by atoms with E-state index in [1.807, 2.05) is 0 Å². The molecule has 2 atom stereocenters. The van der Waals surface area contributed by atoms with Gasteiger partial charge in [0.1, 0.15) is 16.3 Å². The SMILES string of the molecule is CC(=O)Nc1nnc([C@@H]2CCC(Cc3nnc(NC(=O)Cc4cncnc4)s3)C2)s1. The third-order valence-electron chi connectivity index (χ3n) is 4.77. The van der Waals surface area contributed by atoms with Gasteiger partial charge in [0.15, 0.2) is 0 Å². The first-order valence-electron chi connectivity index (χ1n) is 9.52. The van der Waals surface area contributed by atoms with Gasteiger partial charge in [0.2, 0.25) is 22.1 Å². The molecule has 0 saturated heterocycles. The summed E-state index contributed by atoms with van der Waals surface area (Å²) in [5.74, 6) is 0.536. The molecule has 1 aliphatic carbocycles. The van der Waals surface area contributed by atoms with Crippen molar-refractivity contribution in [3.8, 4) is 0 Å². The van der Waals surface area contributed by atoms with Crippen molar-refractivity contribution in [2.75, 3.05) is 10.6 Å². The van der Waals surface area contributed by atoms with E-state index in [4.69, 9.17) is 0 Å². The van der Waals surface area contributed by atoms with E-state index in [0.29, 0.717) is 22.1 Å². The average Bonchev–Trinajstić information content (AvgIpc) is 3.44. The first-order valence-corrected chi connectivity index (χ1v) is 11.2. The number of aromatic nitrogens is 6. The molecule has 156 valence electrons. The number of amides is 2. The molecule has 1 fully saturated rings. The predicted molar refractivity (Wildman–Crippen MR) is 112 cm³/mol. The van der Waals surface area contributed by atoms with Gasteiger partial charge < -0.3 is 10.6 Å². The highest BCUT2D eigenvalue weighted by atomic mass is 32.1. The summed E-state index contributed by atoms with van der Waals surface area (Å²) in [4.78, 5) is 31.1. The minimum Gasteiger partial charge on any atom is -0.301 e. The Hall–Kier alpha value is -2.86. The van der Waals surface area contributed by atoms with Gasteiger partial charge in [0.05, 0.1) is 6.42 Å². The molecule has 0 aliphatic heterocycles. The molecule has 0 aromatic carbocycles. The maximum Gasteiger partial charge on any atom is 0.230 e. The molecule has 1 unspecified atom stereocenters. The topological polar surface area (TPSA) is 136 Å². The van der Waals surface area contributed by atoms with E-state index in [1.165, 1.54) is 35.9 Å². The van der Waals surface area contributed by atoms with Crippen LogP contribution < -0.4 is 10.6 Å². The normalized spacial score (nSPS) is 18.3. The molecule has 12 heteroatoms. The van der Waals surface area contributed by atoms with Crippen molar-refractivity contribution in [3.63, 3.8) is 0 Å². The lowest BCUT2D eigenvalue weighted by atomic mass is 10.0. The van der Waals surface area contributed by atoms with Crippen LogP contribution in [0.4, 0.5) is 10.3 Å². The summed E-state index contributed by atoms with van der Waals surface area (Å²) in [5.41, 5.74) is 0.745. The zero-order valence-electron chi connectivity index (χ0n) is 16.2. The summed E-state index contributed by atoms with van der Waals surface area (Å²) in [6, 6.07) is 0. The van der Waals surface area contributed by atoms with Gasteiger partial charge in [-0.15, -0.1) is 20.4 Å². The van der Waals surface area contributed by atoms with E-state index in [-0.39, 0.29) is 18.2 Å². The number of nitrogens with one attached hydrogen (secondary N) is 2. The summed E-state index contributed by atoms with van der Waals surface area (Å²) in [5, 5.41) is 25.0. The molecular weight excluding hydrogens is 424 g/mol. The largest absolute Gasteiger partial charge is 0.301 e. The van der Waals surface area contributed by atoms with Gasteiger partial charge in [-0.25, -0.2) is 9.97 Å². The van der Waals surface area contributed by atoms with Gasteiger partial charge in [0, 0.05) is 31.7 Å². The summed E-state index contributed by atoms with van der Waals surface area (Å²) >= 11 is 2.85. The summed E-state index contributed by atoms with van der Waals surface area (Å²) in [6.45, 7) is 1.46. The van der Waals surface area contributed by atoms with Crippen molar-refractivity contribution < 1.29 is 9.59 Å². The molecular formula is C18H20N8O2S2. The van der Waals surface area contributed by atoms with Gasteiger partial charge in [0.25, 0.3) is 0 Å². The number of nitrogens with zero attached hydrogens (tertiary/aromatic N) is 6. The van der Waals surface area contributed by atoms with Crippen LogP contribution in [0.1, 0.15) is 47.7 Å². The molecule has 4 rings (SSSR count). The van der Waals surface area contributed by atoms with Crippen LogP contribution in [0.5, 0.6) is 0 Å². The molecule has 2 N–H and O–H groups in total. The minimum absolute atomic E-state index is 0.140. The van der Waals surface area contributed by atoms with Crippen molar-refractivity contribution in [3.05, 3.63) is 34.3 Å². The van der Waals surface area contributed by atoms with Crippen LogP contribution in [0.25, 0.3) is 0 Å². The second kappa shape index (κ2) is 9.30. The fourth-order valence-corrected chi connectivity index (χ4v) is 5.30. The number of hydrogen-bond donors (Lipinski definition) is 2. The number of carbonyl (C=O) groups is 2. The molecule has 3 heterocycles. The lowest BCUT2D eigenvalue weighted by Crippen LogP contribution is -2.14. The molecule has 0 spiro atoms. The number of carbonyl (C=O) groups excluding carboxylic acids is 2. The van der Waals surface area contributed by atoms with Gasteiger partial charge >= 0.3 is 0 Å². The second-order valence-corrected chi connectivity index (χ2v) is 9.25. The average molecular weight is 445 g/mol. The molecule has 0 radical (unpaired) electrons. The third-order valence-corrected chi connectivity index (χ3v) is 6.63. The molecule has 30 heavy (non-hydrogen) atoms. The van der Waals surface area contributed by atoms with Crippen molar-refractivity contribution in [1.82, 2.24) is 30.4 Å². The number of hydrogen-bond acceptors (Lipinski definition) is 10. The molecule has 1 saturated carbocycles. The van der Waals surface area contributed by atoms with E-state index in [0.717, 1.165) is 41.3 Å². The Morgan fingerprint density at radius 1 is 1.03 bits per heavy atom. The first-order chi connectivity index (χ1) is 14.5. The zero-order valence-corrected chi connectivity index (χ0v) is 17.9. The van der Waals surface area contributed by atoms with Crippen LogP contribution >= 0.6 is 22.7 Å². The quantitative estimate of drug-likeness (QED) is 0.567. The first kappa shape index (κ1) is 20.4. The number of rotatable bonds is 7. The summed E-state index contributed by atoms with van der Waals surface area (Å²) in [6.07, 6.45) is 8.81. The van der Waals surface area contributed by atoms with Crippen molar-refractivity contribution in [2.24, 2.45) is 5.92 Å². The van der Waals surface area contributed by atoms with Crippen LogP contribution in [0.3, 0.4) is 0 Å². The Bertz CT molecular complexity index is 1020. The monoisotopic (exact) mass is 444 g/mol. The lowest BCUT2D eigenvalue weighted by molar-refractivity contribution is -0.116. The molecule has 1 aliphatic rings. The summed E-state index contributed by atoms with van der Waals surface area (Å²) in [7, 11) is 0. The molecule has 0 bridgehead atoms. The van der Waals surface area contributed by atoms with E-state index in [2.05, 4.69) is 41.0 Å². The van der Waals surface area contributed by atoms with Crippen LogP contribution in [0, 0.1) is 5.92 Å². The highest BCUT2D eigenvalue weighted by molar-refractivity contribution is 7.15. The van der Waals surface area contributed by atoms with E-state index in [1.54, 1.807) is 12.4 Å². The van der Waals surface area contributed by atoms with E-state index in [9.17, 15) is 9.59 Å². The van der Waals surface area contributed by atoms with Crippen LogP contribution in [-0.4, -0.2) is 42.2 Å². The van der Waals surface area contributed by atoms with E-state index >= 15 is 0 Å². The van der Waals surface area contributed by atoms with E-state index < -0.39 is 0 Å². The third kappa shape index (κ3) is 5.39. The fourth-order valence-electron chi connectivity index (χ4n) is 3.49.